The lowest BCUT2D eigenvalue weighted by atomic mass is 10.1. The Hall–Kier alpha value is -3.60. The van der Waals surface area contributed by atoms with Crippen LogP contribution in [-0.4, -0.2) is 60.8 Å². The van der Waals surface area contributed by atoms with E-state index in [1.165, 1.54) is 4.31 Å². The molecule has 0 aliphatic carbocycles. The topological polar surface area (TPSA) is 129 Å². The SMILES string of the molecule is NC(=NO)c1ccc2cc(C(=O)N3CCN(S(=O)(=O)c4ccc5cc(Cl)ccc5c4)CC3)oc2c1. The zero-order valence-electron chi connectivity index (χ0n) is 18.4. The Balaban J connectivity index is 1.30. The fourth-order valence-electron chi connectivity index (χ4n) is 4.15. The molecule has 11 heteroatoms. The van der Waals surface area contributed by atoms with Gasteiger partial charge in [-0.05, 0) is 47.2 Å². The second-order valence-corrected chi connectivity index (χ2v) is 10.6. The lowest BCUT2D eigenvalue weighted by Gasteiger charge is -2.33. The number of carbonyl (C=O) groups excluding carboxylic acids is 1. The third-order valence-corrected chi connectivity index (χ3v) is 8.20. The van der Waals surface area contributed by atoms with E-state index in [0.717, 1.165) is 10.8 Å². The highest BCUT2D eigenvalue weighted by atomic mass is 35.5. The minimum Gasteiger partial charge on any atom is -0.451 e. The Morgan fingerprint density at radius 2 is 1.63 bits per heavy atom. The van der Waals surface area contributed by atoms with Crippen LogP contribution in [0.1, 0.15) is 16.1 Å². The van der Waals surface area contributed by atoms with Crippen LogP contribution in [0.3, 0.4) is 0 Å². The van der Waals surface area contributed by atoms with Crippen LogP contribution in [0, 0.1) is 0 Å². The number of nitrogens with two attached hydrogens (primary N) is 1. The molecule has 0 spiro atoms. The first-order valence-electron chi connectivity index (χ1n) is 10.8. The van der Waals surface area contributed by atoms with Crippen molar-refractivity contribution in [1.29, 1.82) is 0 Å². The van der Waals surface area contributed by atoms with Crippen LogP contribution in [0.5, 0.6) is 0 Å². The number of fused-ring (bicyclic) bond motifs is 2. The Labute approximate surface area is 206 Å². The van der Waals surface area contributed by atoms with Crippen molar-refractivity contribution in [2.24, 2.45) is 10.9 Å². The molecule has 0 unspecified atom stereocenters. The van der Waals surface area contributed by atoms with E-state index in [2.05, 4.69) is 5.16 Å². The van der Waals surface area contributed by atoms with Crippen LogP contribution in [0.25, 0.3) is 21.7 Å². The van der Waals surface area contributed by atoms with Gasteiger partial charge in [-0.25, -0.2) is 8.42 Å². The van der Waals surface area contributed by atoms with Gasteiger partial charge in [-0.2, -0.15) is 4.31 Å². The van der Waals surface area contributed by atoms with Crippen molar-refractivity contribution in [1.82, 2.24) is 9.21 Å². The summed E-state index contributed by atoms with van der Waals surface area (Å²) in [6.07, 6.45) is 0. The molecule has 1 saturated heterocycles. The number of piperazine rings is 1. The van der Waals surface area contributed by atoms with Gasteiger partial charge in [0.05, 0.1) is 4.90 Å². The van der Waals surface area contributed by atoms with E-state index in [1.807, 2.05) is 0 Å². The molecule has 0 atom stereocenters. The Morgan fingerprint density at radius 1 is 0.943 bits per heavy atom. The number of hydrogen-bond acceptors (Lipinski definition) is 6. The normalized spacial score (nSPS) is 15.7. The van der Waals surface area contributed by atoms with Crippen molar-refractivity contribution < 1.29 is 22.8 Å². The van der Waals surface area contributed by atoms with E-state index in [9.17, 15) is 13.2 Å². The van der Waals surface area contributed by atoms with Crippen LogP contribution >= 0.6 is 11.6 Å². The fourth-order valence-corrected chi connectivity index (χ4v) is 5.78. The summed E-state index contributed by atoms with van der Waals surface area (Å²) >= 11 is 6.02. The number of hydrogen-bond donors (Lipinski definition) is 2. The van der Waals surface area contributed by atoms with Crippen molar-refractivity contribution >= 4 is 55.1 Å². The maximum Gasteiger partial charge on any atom is 0.289 e. The van der Waals surface area contributed by atoms with Crippen molar-refractivity contribution in [2.45, 2.75) is 4.90 Å². The van der Waals surface area contributed by atoms with E-state index >= 15 is 0 Å². The molecular weight excluding hydrogens is 492 g/mol. The first kappa shape index (κ1) is 23.2. The van der Waals surface area contributed by atoms with Gasteiger partial charge in [0.1, 0.15) is 5.58 Å². The van der Waals surface area contributed by atoms with E-state index in [1.54, 1.807) is 65.6 Å². The van der Waals surface area contributed by atoms with Gasteiger partial charge in [0, 0.05) is 42.2 Å². The summed E-state index contributed by atoms with van der Waals surface area (Å²) in [6, 6.07) is 16.8. The Morgan fingerprint density at radius 3 is 2.37 bits per heavy atom. The minimum atomic E-state index is -3.72. The molecule has 4 aromatic rings. The summed E-state index contributed by atoms with van der Waals surface area (Å²) < 4.78 is 33.5. The van der Waals surface area contributed by atoms with Gasteiger partial charge in [-0.3, -0.25) is 4.79 Å². The summed E-state index contributed by atoms with van der Waals surface area (Å²) in [4.78, 5) is 14.8. The fraction of sp³-hybridized carbons (Fsp3) is 0.167. The van der Waals surface area contributed by atoms with Gasteiger partial charge in [-0.1, -0.05) is 41.0 Å². The quantitative estimate of drug-likeness (QED) is 0.186. The number of amidine groups is 1. The van der Waals surface area contributed by atoms with Gasteiger partial charge < -0.3 is 20.3 Å². The molecule has 1 fully saturated rings. The maximum atomic E-state index is 13.2. The summed E-state index contributed by atoms with van der Waals surface area (Å²) in [7, 11) is -3.72. The highest BCUT2D eigenvalue weighted by Crippen LogP contribution is 2.26. The Bertz CT molecular complexity index is 1590. The molecule has 1 aliphatic rings. The average Bonchev–Trinajstić information content (AvgIpc) is 3.31. The van der Waals surface area contributed by atoms with Crippen LogP contribution < -0.4 is 5.73 Å². The second kappa shape index (κ2) is 8.88. The number of halogens is 1. The van der Waals surface area contributed by atoms with Crippen molar-refractivity contribution in [3.8, 4) is 0 Å². The molecule has 0 radical (unpaired) electrons. The van der Waals surface area contributed by atoms with E-state index in [-0.39, 0.29) is 48.6 Å². The largest absolute Gasteiger partial charge is 0.451 e. The second-order valence-electron chi connectivity index (χ2n) is 8.20. The molecule has 1 amide bonds. The third kappa shape index (κ3) is 4.31. The number of carbonyl (C=O) groups is 1. The molecule has 9 nitrogen and oxygen atoms in total. The van der Waals surface area contributed by atoms with Crippen LogP contribution in [-0.2, 0) is 10.0 Å². The number of sulfonamides is 1. The molecule has 3 N–H and O–H groups in total. The predicted molar refractivity (Wildman–Crippen MR) is 132 cm³/mol. The molecule has 1 aliphatic heterocycles. The molecule has 0 saturated carbocycles. The monoisotopic (exact) mass is 512 g/mol. The first-order valence-corrected chi connectivity index (χ1v) is 12.6. The van der Waals surface area contributed by atoms with Gasteiger partial charge in [0.25, 0.3) is 5.91 Å². The molecule has 5 rings (SSSR count). The zero-order valence-corrected chi connectivity index (χ0v) is 20.0. The van der Waals surface area contributed by atoms with E-state index in [4.69, 9.17) is 27.0 Å². The summed E-state index contributed by atoms with van der Waals surface area (Å²) in [6.45, 7) is 0.794. The van der Waals surface area contributed by atoms with Crippen LogP contribution in [0.2, 0.25) is 5.02 Å². The van der Waals surface area contributed by atoms with Gasteiger partial charge in [0.15, 0.2) is 11.6 Å². The summed E-state index contributed by atoms with van der Waals surface area (Å²) in [5, 5.41) is 14.7. The number of nitrogens with zero attached hydrogens (tertiary/aromatic N) is 3. The number of amides is 1. The highest BCUT2D eigenvalue weighted by Gasteiger charge is 2.31. The number of oxime groups is 1. The van der Waals surface area contributed by atoms with Crippen molar-refractivity contribution in [3.05, 3.63) is 77.0 Å². The zero-order chi connectivity index (χ0) is 24.7. The maximum absolute atomic E-state index is 13.2. The van der Waals surface area contributed by atoms with Crippen molar-refractivity contribution in [2.75, 3.05) is 26.2 Å². The summed E-state index contributed by atoms with van der Waals surface area (Å²) in [5.41, 5.74) is 6.51. The van der Waals surface area contributed by atoms with Crippen molar-refractivity contribution in [3.63, 3.8) is 0 Å². The van der Waals surface area contributed by atoms with Crippen LogP contribution in [0.4, 0.5) is 0 Å². The Kier molecular flexibility index (Phi) is 5.87. The molecule has 2 heterocycles. The molecule has 3 aromatic carbocycles. The predicted octanol–water partition coefficient (Wildman–Crippen LogP) is 3.48. The summed E-state index contributed by atoms with van der Waals surface area (Å²) in [5.74, 6) is -0.254. The van der Waals surface area contributed by atoms with Gasteiger partial charge >= 0.3 is 0 Å². The lowest BCUT2D eigenvalue weighted by Crippen LogP contribution is -2.50. The average molecular weight is 513 g/mol. The first-order chi connectivity index (χ1) is 16.8. The van der Waals surface area contributed by atoms with E-state index in [0.29, 0.717) is 21.6 Å². The highest BCUT2D eigenvalue weighted by molar-refractivity contribution is 7.89. The molecule has 1 aromatic heterocycles. The molecular formula is C24H21ClN4O5S. The lowest BCUT2D eigenvalue weighted by molar-refractivity contribution is 0.0668. The number of benzene rings is 3. The van der Waals surface area contributed by atoms with Crippen LogP contribution in [0.15, 0.2) is 75.1 Å². The number of rotatable bonds is 4. The minimum absolute atomic E-state index is 0.0660. The van der Waals surface area contributed by atoms with E-state index < -0.39 is 10.0 Å². The smallest absolute Gasteiger partial charge is 0.289 e. The van der Waals surface area contributed by atoms with Gasteiger partial charge in [-0.15, -0.1) is 0 Å². The van der Waals surface area contributed by atoms with Gasteiger partial charge in [0.2, 0.25) is 10.0 Å². The molecule has 35 heavy (non-hydrogen) atoms. The molecule has 180 valence electrons. The third-order valence-electron chi connectivity index (χ3n) is 6.07. The molecule has 0 bridgehead atoms. The standard InChI is InChI=1S/C24H21ClN4O5S/c25-19-5-3-16-12-20(6-4-15(16)11-19)35(32,33)29-9-7-28(8-10-29)24(30)22-13-17-1-2-18(23(26)27-31)14-21(17)34-22/h1-6,11-14,31H,7-10H2,(H2,26,27). The number of furan rings is 1.